The molecule has 1 aromatic carbocycles. The summed E-state index contributed by atoms with van der Waals surface area (Å²) in [5.41, 5.74) is 1.40. The number of carbonyl (C=O) groups is 1. The van der Waals surface area contributed by atoms with Crippen LogP contribution in [0, 0.1) is 5.92 Å². The first kappa shape index (κ1) is 18.2. The third-order valence-corrected chi connectivity index (χ3v) is 4.43. The van der Waals surface area contributed by atoms with Crippen molar-refractivity contribution in [2.24, 2.45) is 5.92 Å². The molecule has 1 aliphatic heterocycles. The maximum Gasteiger partial charge on any atom is 0.393 e. The Bertz CT molecular complexity index is 812. The summed E-state index contributed by atoms with van der Waals surface area (Å²) in [7, 11) is 0. The second kappa shape index (κ2) is 7.31. The largest absolute Gasteiger partial charge is 0.393 e. The lowest BCUT2D eigenvalue weighted by atomic mass is 9.99. The van der Waals surface area contributed by atoms with Crippen LogP contribution in [0.5, 0.6) is 0 Å². The van der Waals surface area contributed by atoms with E-state index in [-0.39, 0.29) is 31.8 Å². The van der Waals surface area contributed by atoms with Gasteiger partial charge in [0.15, 0.2) is 5.82 Å². The van der Waals surface area contributed by atoms with Crippen LogP contribution >= 0.6 is 0 Å². The number of nitrogens with zero attached hydrogens (tertiary/aromatic N) is 3. The fourth-order valence-corrected chi connectivity index (χ4v) is 2.94. The summed E-state index contributed by atoms with van der Waals surface area (Å²) in [6, 6.07) is 9.38. The van der Waals surface area contributed by atoms with Crippen LogP contribution in [-0.4, -0.2) is 26.8 Å². The van der Waals surface area contributed by atoms with Crippen molar-refractivity contribution in [3.05, 3.63) is 53.1 Å². The molecule has 2 aromatic rings. The number of benzene rings is 1. The Kier molecular flexibility index (Phi) is 5.11. The van der Waals surface area contributed by atoms with E-state index in [0.717, 1.165) is 5.56 Å². The third-order valence-electron chi connectivity index (χ3n) is 4.43. The lowest BCUT2D eigenvalue weighted by molar-refractivity contribution is -0.182. The van der Waals surface area contributed by atoms with Crippen LogP contribution in [0.1, 0.15) is 30.6 Å². The molecule has 8 heteroatoms. The van der Waals surface area contributed by atoms with Gasteiger partial charge >= 0.3 is 6.18 Å². The highest BCUT2D eigenvalue weighted by Crippen LogP contribution is 2.34. The van der Waals surface area contributed by atoms with Crippen molar-refractivity contribution in [1.29, 1.82) is 0 Å². The van der Waals surface area contributed by atoms with E-state index in [9.17, 15) is 18.0 Å². The molecule has 1 N–H and O–H groups in total. The first-order valence-corrected chi connectivity index (χ1v) is 8.34. The van der Waals surface area contributed by atoms with Crippen molar-refractivity contribution in [3.63, 3.8) is 0 Å². The molecule has 0 bridgehead atoms. The van der Waals surface area contributed by atoms with Gasteiger partial charge in [-0.15, -0.1) is 10.2 Å². The zero-order chi connectivity index (χ0) is 18.7. The molecule has 0 saturated heterocycles. The van der Waals surface area contributed by atoms with Gasteiger partial charge in [-0.1, -0.05) is 30.3 Å². The molecule has 0 fully saturated rings. The summed E-state index contributed by atoms with van der Waals surface area (Å²) in [5.74, 6) is -0.823. The van der Waals surface area contributed by atoms with E-state index in [1.54, 1.807) is 13.0 Å². The van der Waals surface area contributed by atoms with E-state index >= 15 is 0 Å². The lowest BCUT2D eigenvalue weighted by Gasteiger charge is -2.26. The standard InChI is InChI=1S/C18H19F3N4O/c1-12(9-13-5-3-2-4-6-13)17(26)22-10-16-24-23-15-8-7-14(11-25(15)16)18(19,20)21/h2-6,9,14H,7-8,10-11H2,1H3,(H,22,26)/b12-9-/t14-/m1/s1. The number of hydrogen-bond acceptors (Lipinski definition) is 3. The maximum absolute atomic E-state index is 13.0. The van der Waals surface area contributed by atoms with Crippen molar-refractivity contribution < 1.29 is 18.0 Å². The molecule has 5 nitrogen and oxygen atoms in total. The summed E-state index contributed by atoms with van der Waals surface area (Å²) in [5, 5.41) is 10.6. The summed E-state index contributed by atoms with van der Waals surface area (Å²) < 4.78 is 40.4. The van der Waals surface area contributed by atoms with Crippen LogP contribution in [0.15, 0.2) is 35.9 Å². The van der Waals surface area contributed by atoms with Gasteiger partial charge in [-0.25, -0.2) is 0 Å². The van der Waals surface area contributed by atoms with E-state index in [1.165, 1.54) is 4.57 Å². The van der Waals surface area contributed by atoms with Crippen molar-refractivity contribution in [2.45, 2.75) is 39.0 Å². The Morgan fingerprint density at radius 1 is 1.31 bits per heavy atom. The third kappa shape index (κ3) is 4.12. The smallest absolute Gasteiger partial charge is 0.345 e. The van der Waals surface area contributed by atoms with E-state index in [2.05, 4.69) is 15.5 Å². The molecule has 1 aromatic heterocycles. The van der Waals surface area contributed by atoms with Gasteiger partial charge in [-0.3, -0.25) is 4.79 Å². The molecule has 3 rings (SSSR count). The molecule has 26 heavy (non-hydrogen) atoms. The lowest BCUT2D eigenvalue weighted by Crippen LogP contribution is -2.34. The second-order valence-electron chi connectivity index (χ2n) is 6.34. The van der Waals surface area contributed by atoms with Crippen LogP contribution in [0.2, 0.25) is 0 Å². The van der Waals surface area contributed by atoms with Gasteiger partial charge in [-0.2, -0.15) is 13.2 Å². The first-order valence-electron chi connectivity index (χ1n) is 8.34. The number of carbonyl (C=O) groups excluding carboxylic acids is 1. The SMILES string of the molecule is C/C(=C/c1ccccc1)C(=O)NCc1nnc2n1C[C@H](C(F)(F)F)CC2. The number of alkyl halides is 3. The van der Waals surface area contributed by atoms with Crippen LogP contribution in [0.4, 0.5) is 13.2 Å². The number of halogens is 3. The van der Waals surface area contributed by atoms with E-state index in [0.29, 0.717) is 17.2 Å². The predicted molar refractivity (Wildman–Crippen MR) is 89.8 cm³/mol. The molecule has 1 amide bonds. The molecular formula is C18H19F3N4O. The zero-order valence-electron chi connectivity index (χ0n) is 14.3. The number of aryl methyl sites for hydroxylation is 1. The number of rotatable bonds is 4. The topological polar surface area (TPSA) is 59.8 Å². The normalized spacial score (nSPS) is 17.7. The van der Waals surface area contributed by atoms with E-state index in [4.69, 9.17) is 0 Å². The molecular weight excluding hydrogens is 345 g/mol. The summed E-state index contributed by atoms with van der Waals surface area (Å²) in [6.07, 6.45) is -2.24. The highest BCUT2D eigenvalue weighted by molar-refractivity contribution is 5.97. The molecule has 0 saturated carbocycles. The molecule has 0 radical (unpaired) electrons. The summed E-state index contributed by atoms with van der Waals surface area (Å²) in [6.45, 7) is 1.52. The van der Waals surface area contributed by atoms with Gasteiger partial charge in [0.05, 0.1) is 12.5 Å². The minimum atomic E-state index is -4.24. The van der Waals surface area contributed by atoms with Gasteiger partial charge in [0.1, 0.15) is 5.82 Å². The molecule has 1 aliphatic rings. The average molecular weight is 364 g/mol. The van der Waals surface area contributed by atoms with Gasteiger partial charge in [0, 0.05) is 18.5 Å². The van der Waals surface area contributed by atoms with Crippen LogP contribution in [-0.2, 0) is 24.3 Å². The van der Waals surface area contributed by atoms with Crippen molar-refractivity contribution in [2.75, 3.05) is 0 Å². The summed E-state index contributed by atoms with van der Waals surface area (Å²) in [4.78, 5) is 12.2. The fourth-order valence-electron chi connectivity index (χ4n) is 2.94. The minimum Gasteiger partial charge on any atom is -0.345 e. The zero-order valence-corrected chi connectivity index (χ0v) is 14.3. The maximum atomic E-state index is 13.0. The van der Waals surface area contributed by atoms with Crippen molar-refractivity contribution in [1.82, 2.24) is 20.1 Å². The highest BCUT2D eigenvalue weighted by Gasteiger charge is 2.42. The molecule has 0 spiro atoms. The quantitative estimate of drug-likeness (QED) is 0.848. The monoisotopic (exact) mass is 364 g/mol. The van der Waals surface area contributed by atoms with E-state index < -0.39 is 12.1 Å². The Morgan fingerprint density at radius 3 is 2.73 bits per heavy atom. The average Bonchev–Trinajstić information content (AvgIpc) is 3.02. The molecule has 1 atom stereocenters. The number of aromatic nitrogens is 3. The Labute approximate surface area is 148 Å². The van der Waals surface area contributed by atoms with Gasteiger partial charge in [0.2, 0.25) is 5.91 Å². The first-order chi connectivity index (χ1) is 12.3. The molecule has 2 heterocycles. The number of hydrogen-bond donors (Lipinski definition) is 1. The number of nitrogens with one attached hydrogen (secondary N) is 1. The minimum absolute atomic E-state index is 0.0207. The predicted octanol–water partition coefficient (Wildman–Crippen LogP) is 3.12. The summed E-state index contributed by atoms with van der Waals surface area (Å²) >= 11 is 0. The second-order valence-corrected chi connectivity index (χ2v) is 6.34. The number of amides is 1. The van der Waals surface area contributed by atoms with Gasteiger partial charge in [0.25, 0.3) is 0 Å². The van der Waals surface area contributed by atoms with Crippen molar-refractivity contribution >= 4 is 12.0 Å². The fraction of sp³-hybridized carbons (Fsp3) is 0.389. The Morgan fingerprint density at radius 2 is 2.04 bits per heavy atom. The van der Waals surface area contributed by atoms with Gasteiger partial charge < -0.3 is 9.88 Å². The highest BCUT2D eigenvalue weighted by atomic mass is 19.4. The molecule has 0 aliphatic carbocycles. The van der Waals surface area contributed by atoms with Crippen LogP contribution in [0.25, 0.3) is 6.08 Å². The van der Waals surface area contributed by atoms with Crippen molar-refractivity contribution in [3.8, 4) is 0 Å². The number of fused-ring (bicyclic) bond motifs is 1. The van der Waals surface area contributed by atoms with Crippen LogP contribution < -0.4 is 5.32 Å². The molecule has 138 valence electrons. The Hall–Kier alpha value is -2.64. The van der Waals surface area contributed by atoms with Gasteiger partial charge in [-0.05, 0) is 25.0 Å². The van der Waals surface area contributed by atoms with Crippen LogP contribution in [0.3, 0.4) is 0 Å². The van der Waals surface area contributed by atoms with E-state index in [1.807, 2.05) is 30.3 Å². The Balaban J connectivity index is 1.65. The molecule has 0 unspecified atom stereocenters.